The molecule has 10 heteroatoms. The molecule has 0 aliphatic heterocycles. The molecule has 0 fully saturated rings. The lowest BCUT2D eigenvalue weighted by Crippen LogP contribution is -2.39. The summed E-state index contributed by atoms with van der Waals surface area (Å²) in [6.45, 7) is 18.3. The van der Waals surface area contributed by atoms with Crippen LogP contribution in [0.5, 0.6) is 0 Å². The van der Waals surface area contributed by atoms with Gasteiger partial charge in [-0.05, 0) is 88.8 Å². The number of benzene rings is 1. The van der Waals surface area contributed by atoms with E-state index < -0.39 is 6.16 Å². The van der Waals surface area contributed by atoms with Gasteiger partial charge in [-0.3, -0.25) is 14.5 Å². The maximum Gasteiger partial charge on any atom is 0.508 e. The van der Waals surface area contributed by atoms with Crippen LogP contribution >= 0.6 is 0 Å². The summed E-state index contributed by atoms with van der Waals surface area (Å²) < 4.78 is 28.9. The van der Waals surface area contributed by atoms with E-state index in [-0.39, 0.29) is 24.6 Å². The molecule has 10 nitrogen and oxygen atoms in total. The fourth-order valence-electron chi connectivity index (χ4n) is 8.37. The molecule has 0 aromatic heterocycles. The molecule has 384 valence electrons. The Hall–Kier alpha value is -2.69. The standard InChI is InChI=1S/C56H102N2O8/c1-6-11-15-20-29-39-54(59)63-47-44-58(43-42-57(10-5)41-31-32-46-62-49-51-34-25-23-26-35-51)45-48-64-56(61)66-53(37-27-17-13-8-3)38-28-21-18-19-22-30-40-55(60)65-50-52(33-14-9-4)36-24-16-12-7-2/h23,25-26,34-35,52-53H,6-22,24,27-33,36-50H2,1-5H3. The van der Waals surface area contributed by atoms with Crippen molar-refractivity contribution in [2.45, 2.75) is 234 Å². The number of carbonyl (C=O) groups is 3. The van der Waals surface area contributed by atoms with Crippen molar-refractivity contribution in [3.8, 4) is 0 Å². The summed E-state index contributed by atoms with van der Waals surface area (Å²) in [4.78, 5) is 42.7. The molecule has 0 aliphatic carbocycles. The highest BCUT2D eigenvalue weighted by Gasteiger charge is 2.18. The third-order valence-electron chi connectivity index (χ3n) is 12.8. The molecule has 1 rings (SSSR count). The smallest absolute Gasteiger partial charge is 0.465 e. The van der Waals surface area contributed by atoms with Crippen LogP contribution in [-0.4, -0.2) is 99.7 Å². The number of hydrogen-bond donors (Lipinski definition) is 0. The number of esters is 2. The van der Waals surface area contributed by atoms with E-state index in [9.17, 15) is 14.4 Å². The van der Waals surface area contributed by atoms with Gasteiger partial charge in [-0.2, -0.15) is 0 Å². The van der Waals surface area contributed by atoms with Crippen LogP contribution in [0.2, 0.25) is 0 Å². The average molecular weight is 931 g/mol. The minimum Gasteiger partial charge on any atom is -0.465 e. The van der Waals surface area contributed by atoms with Crippen molar-refractivity contribution in [2.24, 2.45) is 5.92 Å². The highest BCUT2D eigenvalue weighted by molar-refractivity contribution is 5.69. The Kier molecular flexibility index (Phi) is 42.8. The van der Waals surface area contributed by atoms with Gasteiger partial charge in [0.05, 0.1) is 13.2 Å². The van der Waals surface area contributed by atoms with Crippen molar-refractivity contribution >= 4 is 18.1 Å². The quantitative estimate of drug-likeness (QED) is 0.0356. The normalized spacial score (nSPS) is 12.4. The minimum absolute atomic E-state index is 0.0388. The van der Waals surface area contributed by atoms with E-state index in [4.69, 9.17) is 23.7 Å². The zero-order chi connectivity index (χ0) is 48.0. The molecule has 0 amide bonds. The van der Waals surface area contributed by atoms with Crippen LogP contribution in [0.15, 0.2) is 30.3 Å². The van der Waals surface area contributed by atoms with E-state index in [1.54, 1.807) is 0 Å². The fourth-order valence-corrected chi connectivity index (χ4v) is 8.37. The molecule has 0 bridgehead atoms. The first-order valence-electron chi connectivity index (χ1n) is 27.6. The molecule has 2 atom stereocenters. The van der Waals surface area contributed by atoms with Crippen molar-refractivity contribution in [2.75, 3.05) is 65.7 Å². The number of likely N-dealkylation sites (N-methyl/N-ethyl adjacent to an activating group) is 1. The van der Waals surface area contributed by atoms with Crippen LogP contribution in [-0.2, 0) is 39.9 Å². The predicted octanol–water partition coefficient (Wildman–Crippen LogP) is 14.4. The Labute approximate surface area is 405 Å². The lowest BCUT2D eigenvalue weighted by atomic mass is 9.96. The van der Waals surface area contributed by atoms with E-state index in [0.29, 0.717) is 51.7 Å². The predicted molar refractivity (Wildman–Crippen MR) is 273 cm³/mol. The molecule has 0 radical (unpaired) electrons. The van der Waals surface area contributed by atoms with Crippen molar-refractivity contribution in [3.05, 3.63) is 35.9 Å². The fraction of sp³-hybridized carbons (Fsp3) is 0.839. The molecule has 0 saturated heterocycles. The number of nitrogens with zero attached hydrogens (tertiary/aromatic N) is 2. The van der Waals surface area contributed by atoms with Gasteiger partial charge in [-0.15, -0.1) is 0 Å². The van der Waals surface area contributed by atoms with E-state index >= 15 is 0 Å². The summed E-state index contributed by atoms with van der Waals surface area (Å²) in [5.41, 5.74) is 1.20. The molecule has 2 unspecified atom stereocenters. The van der Waals surface area contributed by atoms with Gasteiger partial charge >= 0.3 is 18.1 Å². The SMILES string of the molecule is CCCCCCCC(=O)OCCN(CCOC(=O)OC(CCCCCC)CCCCCCCCC(=O)OCC(CCCC)CCCCCC)CCN(CC)CCCCOCc1ccccc1. The molecule has 0 heterocycles. The summed E-state index contributed by atoms with van der Waals surface area (Å²) in [6.07, 6.45) is 30.0. The molecular formula is C56H102N2O8. The topological polar surface area (TPSA) is 104 Å². The van der Waals surface area contributed by atoms with Crippen LogP contribution in [0.1, 0.15) is 226 Å². The lowest BCUT2D eigenvalue weighted by Gasteiger charge is -2.27. The van der Waals surface area contributed by atoms with Crippen molar-refractivity contribution in [3.63, 3.8) is 0 Å². The highest BCUT2D eigenvalue weighted by atomic mass is 16.7. The molecule has 0 spiro atoms. The maximum absolute atomic E-state index is 13.1. The Morgan fingerprint density at radius 2 is 0.985 bits per heavy atom. The third-order valence-corrected chi connectivity index (χ3v) is 12.8. The summed E-state index contributed by atoms with van der Waals surface area (Å²) in [7, 11) is 0. The van der Waals surface area contributed by atoms with E-state index in [0.717, 1.165) is 136 Å². The van der Waals surface area contributed by atoms with Crippen LogP contribution in [0.4, 0.5) is 4.79 Å². The first-order chi connectivity index (χ1) is 32.3. The highest BCUT2D eigenvalue weighted by Crippen LogP contribution is 2.20. The summed E-state index contributed by atoms with van der Waals surface area (Å²) in [5.74, 6) is 0.335. The Balaban J connectivity index is 2.52. The van der Waals surface area contributed by atoms with Gasteiger partial charge in [-0.1, -0.05) is 174 Å². The zero-order valence-electron chi connectivity index (χ0n) is 43.5. The van der Waals surface area contributed by atoms with Crippen molar-refractivity contribution < 1.29 is 38.1 Å². The van der Waals surface area contributed by atoms with Crippen molar-refractivity contribution in [1.29, 1.82) is 0 Å². The van der Waals surface area contributed by atoms with Crippen LogP contribution < -0.4 is 0 Å². The summed E-state index contributed by atoms with van der Waals surface area (Å²) in [6, 6.07) is 10.3. The Morgan fingerprint density at radius 3 is 1.61 bits per heavy atom. The molecule has 66 heavy (non-hydrogen) atoms. The van der Waals surface area contributed by atoms with Crippen LogP contribution in [0, 0.1) is 5.92 Å². The zero-order valence-corrected chi connectivity index (χ0v) is 43.5. The molecule has 1 aromatic carbocycles. The second-order valence-corrected chi connectivity index (χ2v) is 18.8. The number of carbonyl (C=O) groups excluding carboxylic acids is 3. The largest absolute Gasteiger partial charge is 0.508 e. The van der Waals surface area contributed by atoms with Crippen LogP contribution in [0.25, 0.3) is 0 Å². The number of ether oxygens (including phenoxy) is 5. The number of hydrogen-bond acceptors (Lipinski definition) is 10. The molecule has 0 N–H and O–H groups in total. The average Bonchev–Trinajstić information content (AvgIpc) is 3.32. The van der Waals surface area contributed by atoms with E-state index in [2.05, 4.69) is 56.6 Å². The maximum atomic E-state index is 13.1. The molecule has 0 aliphatic rings. The second-order valence-electron chi connectivity index (χ2n) is 18.8. The minimum atomic E-state index is -0.588. The molecule has 1 aromatic rings. The Bertz CT molecular complexity index is 1240. The van der Waals surface area contributed by atoms with Gasteiger partial charge < -0.3 is 28.6 Å². The van der Waals surface area contributed by atoms with Gasteiger partial charge in [0.15, 0.2) is 0 Å². The monoisotopic (exact) mass is 931 g/mol. The lowest BCUT2D eigenvalue weighted by molar-refractivity contribution is -0.145. The summed E-state index contributed by atoms with van der Waals surface area (Å²) in [5, 5.41) is 0. The molecule has 0 saturated carbocycles. The van der Waals surface area contributed by atoms with Gasteiger partial charge in [0.2, 0.25) is 0 Å². The summed E-state index contributed by atoms with van der Waals surface area (Å²) >= 11 is 0. The van der Waals surface area contributed by atoms with Crippen molar-refractivity contribution in [1.82, 2.24) is 9.80 Å². The van der Waals surface area contributed by atoms with Gasteiger partial charge in [-0.25, -0.2) is 4.79 Å². The second kappa shape index (κ2) is 46.1. The van der Waals surface area contributed by atoms with E-state index in [1.165, 1.54) is 76.2 Å². The third kappa shape index (κ3) is 38.3. The van der Waals surface area contributed by atoms with E-state index in [1.807, 2.05) is 18.2 Å². The first kappa shape index (κ1) is 61.3. The van der Waals surface area contributed by atoms with Gasteiger partial charge in [0.25, 0.3) is 0 Å². The Morgan fingerprint density at radius 1 is 0.470 bits per heavy atom. The number of rotatable bonds is 48. The number of unbranched alkanes of at least 4 members (excludes halogenated alkanes) is 17. The first-order valence-corrected chi connectivity index (χ1v) is 27.6. The van der Waals surface area contributed by atoms with Gasteiger partial charge in [0, 0.05) is 45.6 Å². The molecular weight excluding hydrogens is 829 g/mol. The van der Waals surface area contributed by atoms with Gasteiger partial charge in [0.1, 0.15) is 19.3 Å². The van der Waals surface area contributed by atoms with Crippen LogP contribution in [0.3, 0.4) is 0 Å².